The van der Waals surface area contributed by atoms with Crippen molar-refractivity contribution in [2.24, 2.45) is 0 Å². The van der Waals surface area contributed by atoms with E-state index in [2.05, 4.69) is 16.8 Å². The van der Waals surface area contributed by atoms with E-state index in [9.17, 15) is 9.59 Å². The van der Waals surface area contributed by atoms with Crippen LogP contribution in [0.1, 0.15) is 46.9 Å². The Balaban J connectivity index is 1.43. The highest BCUT2D eigenvalue weighted by atomic mass is 32.1. The SMILES string of the molecule is COc1ccc(COC(=O)C2=C(C)NC3=C(C(=O)C[C@H](c4cccs4)C3)[C@@H]2c2cccs2)cc1. The van der Waals surface area contributed by atoms with E-state index in [0.29, 0.717) is 17.6 Å². The third kappa shape index (κ3) is 4.33. The number of benzene rings is 1. The van der Waals surface area contributed by atoms with Gasteiger partial charge in [0.1, 0.15) is 12.4 Å². The number of carbonyl (C=O) groups is 2. The fourth-order valence-corrected chi connectivity index (χ4v) is 6.40. The van der Waals surface area contributed by atoms with Gasteiger partial charge in [-0.25, -0.2) is 4.79 Å². The minimum Gasteiger partial charge on any atom is -0.497 e. The molecule has 174 valence electrons. The van der Waals surface area contributed by atoms with Gasteiger partial charge < -0.3 is 14.8 Å². The Labute approximate surface area is 206 Å². The Morgan fingerprint density at radius 3 is 2.38 bits per heavy atom. The molecule has 7 heteroatoms. The van der Waals surface area contributed by atoms with Gasteiger partial charge in [-0.2, -0.15) is 0 Å². The molecule has 0 fully saturated rings. The number of nitrogens with one attached hydrogen (secondary N) is 1. The van der Waals surface area contributed by atoms with Crippen LogP contribution in [0.3, 0.4) is 0 Å². The van der Waals surface area contributed by atoms with Crippen molar-refractivity contribution >= 4 is 34.4 Å². The van der Waals surface area contributed by atoms with Gasteiger partial charge in [0.25, 0.3) is 0 Å². The largest absolute Gasteiger partial charge is 0.497 e. The van der Waals surface area contributed by atoms with Crippen LogP contribution >= 0.6 is 22.7 Å². The van der Waals surface area contributed by atoms with Crippen LogP contribution in [0.25, 0.3) is 0 Å². The van der Waals surface area contributed by atoms with E-state index < -0.39 is 11.9 Å². The molecule has 3 heterocycles. The van der Waals surface area contributed by atoms with Crippen molar-refractivity contribution in [3.8, 4) is 5.75 Å². The first kappa shape index (κ1) is 22.6. The lowest BCUT2D eigenvalue weighted by Crippen LogP contribution is -2.35. The van der Waals surface area contributed by atoms with E-state index in [1.807, 2.05) is 54.8 Å². The second-order valence-corrected chi connectivity index (χ2v) is 10.4. The Kier molecular flexibility index (Phi) is 6.39. The Bertz CT molecular complexity index is 1250. The fourth-order valence-electron chi connectivity index (χ4n) is 4.72. The number of dihydropyridines is 1. The van der Waals surface area contributed by atoms with Crippen molar-refractivity contribution in [1.29, 1.82) is 0 Å². The third-order valence-electron chi connectivity index (χ3n) is 6.35. The number of ether oxygens (including phenoxy) is 2. The lowest BCUT2D eigenvalue weighted by molar-refractivity contribution is -0.140. The molecule has 34 heavy (non-hydrogen) atoms. The molecule has 0 spiro atoms. The molecular weight excluding hydrogens is 466 g/mol. The molecular formula is C27H25NO4S2. The quantitative estimate of drug-likeness (QED) is 0.434. The van der Waals surface area contributed by atoms with Crippen LogP contribution in [0.2, 0.25) is 0 Å². The van der Waals surface area contributed by atoms with Crippen molar-refractivity contribution < 1.29 is 19.1 Å². The maximum absolute atomic E-state index is 13.5. The summed E-state index contributed by atoms with van der Waals surface area (Å²) in [6.07, 6.45) is 1.21. The lowest BCUT2D eigenvalue weighted by atomic mass is 9.74. The first-order chi connectivity index (χ1) is 16.5. The maximum atomic E-state index is 13.5. The van der Waals surface area contributed by atoms with Crippen molar-refractivity contribution in [3.05, 3.63) is 97.1 Å². The van der Waals surface area contributed by atoms with Gasteiger partial charge in [0.15, 0.2) is 5.78 Å². The molecule has 0 saturated heterocycles. The molecule has 1 N–H and O–H groups in total. The van der Waals surface area contributed by atoms with Gasteiger partial charge in [0.05, 0.1) is 18.6 Å². The van der Waals surface area contributed by atoms with Crippen molar-refractivity contribution in [3.63, 3.8) is 0 Å². The molecule has 1 aliphatic carbocycles. The third-order valence-corrected chi connectivity index (χ3v) is 8.32. The summed E-state index contributed by atoms with van der Waals surface area (Å²) in [6, 6.07) is 15.5. The number of Topliss-reactive ketones (excluding diaryl/α,β-unsaturated/α-hetero) is 1. The molecule has 3 aromatic rings. The van der Waals surface area contributed by atoms with E-state index in [1.54, 1.807) is 29.8 Å². The molecule has 0 saturated carbocycles. The average Bonchev–Trinajstić information content (AvgIpc) is 3.56. The zero-order valence-electron chi connectivity index (χ0n) is 19.0. The van der Waals surface area contributed by atoms with Gasteiger partial charge in [-0.05, 0) is 53.9 Å². The van der Waals surface area contributed by atoms with Gasteiger partial charge >= 0.3 is 5.97 Å². The molecule has 1 aromatic carbocycles. The molecule has 2 aliphatic rings. The van der Waals surface area contributed by atoms with Crippen LogP contribution in [0.4, 0.5) is 0 Å². The first-order valence-corrected chi connectivity index (χ1v) is 12.9. The summed E-state index contributed by atoms with van der Waals surface area (Å²) >= 11 is 3.25. The van der Waals surface area contributed by atoms with E-state index in [-0.39, 0.29) is 18.3 Å². The van der Waals surface area contributed by atoms with E-state index in [1.165, 1.54) is 4.88 Å². The Morgan fingerprint density at radius 1 is 1.03 bits per heavy atom. The summed E-state index contributed by atoms with van der Waals surface area (Å²) in [5.74, 6) is 0.201. The zero-order valence-corrected chi connectivity index (χ0v) is 20.6. The second-order valence-electron chi connectivity index (χ2n) is 8.47. The van der Waals surface area contributed by atoms with Crippen LogP contribution < -0.4 is 10.1 Å². The number of ketones is 1. The monoisotopic (exact) mass is 491 g/mol. The summed E-state index contributed by atoms with van der Waals surface area (Å²) in [5, 5.41) is 7.44. The molecule has 5 rings (SSSR count). The Hall–Kier alpha value is -3.16. The van der Waals surface area contributed by atoms with Crippen molar-refractivity contribution in [2.45, 2.75) is 38.2 Å². The predicted molar refractivity (Wildman–Crippen MR) is 134 cm³/mol. The highest BCUT2D eigenvalue weighted by Gasteiger charge is 2.42. The molecule has 1 aliphatic heterocycles. The van der Waals surface area contributed by atoms with Crippen molar-refractivity contribution in [2.75, 3.05) is 7.11 Å². The van der Waals surface area contributed by atoms with Crippen LogP contribution in [0.15, 0.2) is 81.8 Å². The second kappa shape index (κ2) is 9.60. The summed E-state index contributed by atoms with van der Waals surface area (Å²) in [6.45, 7) is 2.05. The normalized spacial score (nSPS) is 20.1. The molecule has 5 nitrogen and oxygen atoms in total. The van der Waals surface area contributed by atoms with Gasteiger partial charge in [-0.15, -0.1) is 22.7 Å². The van der Waals surface area contributed by atoms with Crippen LogP contribution in [-0.4, -0.2) is 18.9 Å². The minimum atomic E-state index is -0.406. The molecule has 0 unspecified atom stereocenters. The summed E-state index contributed by atoms with van der Waals surface area (Å²) < 4.78 is 10.9. The fraction of sp³-hybridized carbons (Fsp3) is 0.259. The zero-order chi connectivity index (χ0) is 23.7. The topological polar surface area (TPSA) is 64.6 Å². The van der Waals surface area contributed by atoms with E-state index in [0.717, 1.165) is 34.0 Å². The summed E-state index contributed by atoms with van der Waals surface area (Å²) in [5.41, 5.74) is 3.76. The number of carbonyl (C=O) groups excluding carboxylic acids is 2. The standard InChI is InChI=1S/C27H25NO4S2/c1-16-24(27(30)32-15-17-7-9-19(31-2)10-8-17)26(23-6-4-12-34-23)25-20(28-16)13-18(14-21(25)29)22-5-3-11-33-22/h3-12,18,26,28H,13-15H2,1-2H3/t18-,26-/m1/s1. The molecule has 2 atom stereocenters. The van der Waals surface area contributed by atoms with E-state index >= 15 is 0 Å². The summed E-state index contributed by atoms with van der Waals surface area (Å²) in [4.78, 5) is 29.1. The van der Waals surface area contributed by atoms with Crippen LogP contribution in [0, 0.1) is 0 Å². The predicted octanol–water partition coefficient (Wildman–Crippen LogP) is 5.92. The maximum Gasteiger partial charge on any atom is 0.337 e. The van der Waals surface area contributed by atoms with Gasteiger partial charge in [-0.1, -0.05) is 24.3 Å². The Morgan fingerprint density at radius 2 is 1.74 bits per heavy atom. The van der Waals surface area contributed by atoms with E-state index in [4.69, 9.17) is 9.47 Å². The molecule has 0 radical (unpaired) electrons. The average molecular weight is 492 g/mol. The number of esters is 1. The summed E-state index contributed by atoms with van der Waals surface area (Å²) in [7, 11) is 1.61. The molecule has 0 bridgehead atoms. The highest BCUT2D eigenvalue weighted by molar-refractivity contribution is 7.10. The van der Waals surface area contributed by atoms with Gasteiger partial charge in [-0.3, -0.25) is 4.79 Å². The number of thiophene rings is 2. The number of methoxy groups -OCH3 is 1. The van der Waals surface area contributed by atoms with Gasteiger partial charge in [0.2, 0.25) is 0 Å². The number of hydrogen-bond donors (Lipinski definition) is 1. The lowest BCUT2D eigenvalue weighted by Gasteiger charge is -2.35. The number of rotatable bonds is 6. The van der Waals surface area contributed by atoms with Crippen LogP contribution in [0.5, 0.6) is 5.75 Å². The molecule has 2 aromatic heterocycles. The number of hydrogen-bond acceptors (Lipinski definition) is 7. The number of allylic oxidation sites excluding steroid dienone is 3. The van der Waals surface area contributed by atoms with Crippen LogP contribution in [-0.2, 0) is 20.9 Å². The van der Waals surface area contributed by atoms with Gasteiger partial charge in [0, 0.05) is 39.1 Å². The minimum absolute atomic E-state index is 0.0958. The highest BCUT2D eigenvalue weighted by Crippen LogP contribution is 2.47. The smallest absolute Gasteiger partial charge is 0.337 e. The molecule has 0 amide bonds. The van der Waals surface area contributed by atoms with Crippen molar-refractivity contribution in [1.82, 2.24) is 5.32 Å². The first-order valence-electron chi connectivity index (χ1n) is 11.2.